The third-order valence-electron chi connectivity index (χ3n) is 3.18. The van der Waals surface area contributed by atoms with Crippen LogP contribution in [0.5, 0.6) is 0 Å². The van der Waals surface area contributed by atoms with E-state index in [1.165, 1.54) is 13.2 Å². The molecule has 120 valence electrons. The van der Waals surface area contributed by atoms with E-state index >= 15 is 0 Å². The normalized spacial score (nSPS) is 10.7. The van der Waals surface area contributed by atoms with Crippen molar-refractivity contribution >= 4 is 18.0 Å². The van der Waals surface area contributed by atoms with Crippen LogP contribution in [0, 0.1) is 0 Å². The van der Waals surface area contributed by atoms with Gasteiger partial charge in [0.25, 0.3) is 0 Å². The number of aromatic amines is 1. The molecule has 0 unspecified atom stereocenters. The zero-order chi connectivity index (χ0) is 16.7. The van der Waals surface area contributed by atoms with Crippen molar-refractivity contribution in [3.8, 4) is 0 Å². The van der Waals surface area contributed by atoms with Crippen LogP contribution in [0.1, 0.15) is 28.7 Å². The first-order valence-electron chi connectivity index (χ1n) is 7.23. The quantitative estimate of drug-likeness (QED) is 0.500. The summed E-state index contributed by atoms with van der Waals surface area (Å²) in [4.78, 5) is 25.8. The number of hydrogen-bond acceptors (Lipinski definition) is 4. The molecule has 1 heterocycles. The summed E-state index contributed by atoms with van der Waals surface area (Å²) in [6.07, 6.45) is 6.54. The number of ether oxygens (including phenoxy) is 2. The Labute approximate surface area is 134 Å². The summed E-state index contributed by atoms with van der Waals surface area (Å²) in [7, 11) is 1.34. The van der Waals surface area contributed by atoms with Gasteiger partial charge in [-0.1, -0.05) is 24.3 Å². The summed E-state index contributed by atoms with van der Waals surface area (Å²) in [5, 5.41) is 0. The summed E-state index contributed by atoms with van der Waals surface area (Å²) in [6, 6.07) is 7.66. The number of nitrogens with zero attached hydrogens (tertiary/aromatic N) is 1. The van der Waals surface area contributed by atoms with E-state index in [4.69, 9.17) is 4.74 Å². The number of H-pyrrole nitrogens is 1. The molecule has 2 rings (SSSR count). The molecule has 0 saturated carbocycles. The molecule has 0 aliphatic rings. The van der Waals surface area contributed by atoms with Gasteiger partial charge >= 0.3 is 17.8 Å². The zero-order valence-electron chi connectivity index (χ0n) is 13.1. The van der Waals surface area contributed by atoms with Crippen LogP contribution >= 0.6 is 0 Å². The topological polar surface area (TPSA) is 72.3 Å². The van der Waals surface area contributed by atoms with E-state index in [-0.39, 0.29) is 5.97 Å². The number of imidazole rings is 1. The Hall–Kier alpha value is -2.89. The van der Waals surface area contributed by atoms with Crippen molar-refractivity contribution in [3.63, 3.8) is 0 Å². The summed E-state index contributed by atoms with van der Waals surface area (Å²) < 4.78 is 11.3. The smallest absolute Gasteiger partial charge is 0.421 e. The molecule has 1 aromatic carbocycles. The molecule has 2 aromatic rings. The van der Waals surface area contributed by atoms with E-state index in [1.54, 1.807) is 30.0 Å². The van der Waals surface area contributed by atoms with Gasteiger partial charge in [0.1, 0.15) is 18.9 Å². The minimum absolute atomic E-state index is 0.332. The number of nitrogens with one attached hydrogen (secondary N) is 1. The molecule has 1 N–H and O–H groups in total. The Morgan fingerprint density at radius 3 is 2.65 bits per heavy atom. The molecule has 6 heteroatoms. The van der Waals surface area contributed by atoms with Gasteiger partial charge in [0.2, 0.25) is 0 Å². The second-order valence-electron chi connectivity index (χ2n) is 4.76. The van der Waals surface area contributed by atoms with E-state index in [0.717, 1.165) is 11.1 Å². The number of carbonyl (C=O) groups excluding carboxylic acids is 2. The van der Waals surface area contributed by atoms with Crippen LogP contribution in [0.15, 0.2) is 42.7 Å². The van der Waals surface area contributed by atoms with Crippen LogP contribution in [0.4, 0.5) is 0 Å². The summed E-state index contributed by atoms with van der Waals surface area (Å²) in [6.45, 7) is 2.64. The van der Waals surface area contributed by atoms with Crippen molar-refractivity contribution in [2.75, 3.05) is 13.7 Å². The Bertz CT molecular complexity index is 702. The van der Waals surface area contributed by atoms with Crippen molar-refractivity contribution in [1.29, 1.82) is 0 Å². The van der Waals surface area contributed by atoms with Gasteiger partial charge in [0.15, 0.2) is 0 Å². The van der Waals surface area contributed by atoms with Crippen molar-refractivity contribution in [1.82, 2.24) is 4.98 Å². The fraction of sp³-hybridized carbons (Fsp3) is 0.235. The molecule has 0 radical (unpaired) electrons. The van der Waals surface area contributed by atoms with Crippen molar-refractivity contribution in [2.24, 2.45) is 0 Å². The van der Waals surface area contributed by atoms with Gasteiger partial charge in [-0.3, -0.25) is 0 Å². The van der Waals surface area contributed by atoms with Crippen LogP contribution < -0.4 is 4.57 Å². The lowest BCUT2D eigenvalue weighted by Crippen LogP contribution is -2.39. The van der Waals surface area contributed by atoms with Crippen LogP contribution in [0.25, 0.3) is 6.08 Å². The molecule has 0 aliphatic heterocycles. The van der Waals surface area contributed by atoms with Gasteiger partial charge in [-0.25, -0.2) is 19.1 Å². The number of hydrogen-bond donors (Lipinski definition) is 1. The first-order chi connectivity index (χ1) is 11.1. The molecule has 23 heavy (non-hydrogen) atoms. The number of carbonyl (C=O) groups is 2. The average Bonchev–Trinajstić information content (AvgIpc) is 3.02. The minimum Gasteiger partial charge on any atom is -0.466 e. The van der Waals surface area contributed by atoms with Gasteiger partial charge in [-0.2, -0.15) is 0 Å². The highest BCUT2D eigenvalue weighted by atomic mass is 16.5. The predicted molar refractivity (Wildman–Crippen MR) is 83.5 cm³/mol. The molecule has 6 nitrogen and oxygen atoms in total. The summed E-state index contributed by atoms with van der Waals surface area (Å²) >= 11 is 0. The molecule has 0 spiro atoms. The monoisotopic (exact) mass is 315 g/mol. The van der Waals surface area contributed by atoms with Crippen molar-refractivity contribution in [2.45, 2.75) is 13.5 Å². The summed E-state index contributed by atoms with van der Waals surface area (Å²) in [5.74, 6) is -0.368. The molecule has 0 aliphatic carbocycles. The zero-order valence-corrected chi connectivity index (χ0v) is 13.1. The number of aromatic nitrogens is 2. The second-order valence-corrected chi connectivity index (χ2v) is 4.76. The molecule has 0 atom stereocenters. The van der Waals surface area contributed by atoms with Crippen molar-refractivity contribution < 1.29 is 23.6 Å². The van der Waals surface area contributed by atoms with Gasteiger partial charge < -0.3 is 9.47 Å². The maximum Gasteiger partial charge on any atom is 0.421 e. The average molecular weight is 315 g/mol. The van der Waals surface area contributed by atoms with E-state index in [0.29, 0.717) is 19.0 Å². The molecular weight excluding hydrogens is 296 g/mol. The second kappa shape index (κ2) is 7.93. The summed E-state index contributed by atoms with van der Waals surface area (Å²) in [5.41, 5.74) is 1.92. The van der Waals surface area contributed by atoms with Crippen molar-refractivity contribution in [3.05, 3.63) is 59.7 Å². The maximum absolute atomic E-state index is 11.8. The fourth-order valence-corrected chi connectivity index (χ4v) is 2.03. The lowest BCUT2D eigenvalue weighted by Gasteiger charge is -2.02. The van der Waals surface area contributed by atoms with Gasteiger partial charge in [-0.05, 0) is 24.1 Å². The van der Waals surface area contributed by atoms with Crippen LogP contribution in [0.3, 0.4) is 0 Å². The molecule has 0 saturated heterocycles. The molecule has 0 bridgehead atoms. The minimum atomic E-state index is -0.393. The highest BCUT2D eigenvalue weighted by Gasteiger charge is 2.21. The van der Waals surface area contributed by atoms with E-state index < -0.39 is 5.97 Å². The number of methoxy groups -OCH3 is 1. The van der Waals surface area contributed by atoms with Crippen LogP contribution in [-0.2, 0) is 20.8 Å². The third kappa shape index (κ3) is 4.54. The van der Waals surface area contributed by atoms with Crippen LogP contribution in [0.2, 0.25) is 0 Å². The van der Waals surface area contributed by atoms with E-state index in [1.807, 2.05) is 24.3 Å². The fourth-order valence-electron chi connectivity index (χ4n) is 2.03. The van der Waals surface area contributed by atoms with E-state index in [2.05, 4.69) is 9.72 Å². The molecule has 1 aromatic heterocycles. The molecule has 0 fully saturated rings. The number of rotatable bonds is 6. The predicted octanol–water partition coefficient (Wildman–Crippen LogP) is 1.71. The molecule has 0 amide bonds. The number of esters is 2. The van der Waals surface area contributed by atoms with E-state index in [9.17, 15) is 9.59 Å². The van der Waals surface area contributed by atoms with Gasteiger partial charge in [0.05, 0.1) is 13.7 Å². The highest BCUT2D eigenvalue weighted by Crippen LogP contribution is 2.07. The van der Waals surface area contributed by atoms with Gasteiger partial charge in [0, 0.05) is 6.08 Å². The van der Waals surface area contributed by atoms with Gasteiger partial charge in [-0.15, -0.1) is 0 Å². The first-order valence-corrected chi connectivity index (χ1v) is 7.23. The Morgan fingerprint density at radius 1 is 1.26 bits per heavy atom. The third-order valence-corrected chi connectivity index (χ3v) is 3.18. The largest absolute Gasteiger partial charge is 0.466 e. The Kier molecular flexibility index (Phi) is 5.68. The Balaban J connectivity index is 2.07. The lowest BCUT2D eigenvalue weighted by atomic mass is 10.1. The highest BCUT2D eigenvalue weighted by molar-refractivity contribution is 5.86. The lowest BCUT2D eigenvalue weighted by molar-refractivity contribution is -0.689. The Morgan fingerprint density at radius 2 is 2.00 bits per heavy atom. The number of benzene rings is 1. The molecular formula is C17H19N2O4+. The maximum atomic E-state index is 11.8. The van der Waals surface area contributed by atoms with Crippen LogP contribution in [-0.4, -0.2) is 30.6 Å². The first kappa shape index (κ1) is 16.5. The SMILES string of the molecule is CCOC(=O)c1[nH]cc[n+]1Cc1ccc(C=CC(=O)OC)cc1. The standard InChI is InChI=1S/C17H18N2O4/c1-3-23-17(21)16-18-10-11-19(16)12-14-6-4-13(5-7-14)8-9-15(20)22-2/h4-11H,3,12H2,1-2H3/p+1.